The number of ether oxygens (including phenoxy) is 2. The fourth-order valence-electron chi connectivity index (χ4n) is 2.06. The molecule has 6 nitrogen and oxygen atoms in total. The van der Waals surface area contributed by atoms with Gasteiger partial charge in [-0.1, -0.05) is 13.8 Å². The Morgan fingerprint density at radius 3 is 2.77 bits per heavy atom. The Morgan fingerprint density at radius 1 is 1.36 bits per heavy atom. The van der Waals surface area contributed by atoms with Crippen LogP contribution in [0.4, 0.5) is 4.79 Å². The highest BCUT2D eigenvalue weighted by molar-refractivity contribution is 5.67. The van der Waals surface area contributed by atoms with Gasteiger partial charge < -0.3 is 19.7 Å². The molecule has 22 heavy (non-hydrogen) atoms. The average molecular weight is 307 g/mol. The third kappa shape index (κ3) is 5.52. The normalized spacial score (nSPS) is 15.0. The first kappa shape index (κ1) is 16.5. The number of hydrogen-bond donors (Lipinski definition) is 1. The molecular formula is C16H25N3O3. The van der Waals surface area contributed by atoms with Gasteiger partial charge in [0.1, 0.15) is 6.61 Å². The summed E-state index contributed by atoms with van der Waals surface area (Å²) in [6.45, 7) is 8.25. The lowest BCUT2D eigenvalue weighted by Gasteiger charge is -2.26. The predicted molar refractivity (Wildman–Crippen MR) is 83.8 cm³/mol. The van der Waals surface area contributed by atoms with Gasteiger partial charge >= 0.3 is 6.09 Å². The van der Waals surface area contributed by atoms with E-state index in [4.69, 9.17) is 9.47 Å². The highest BCUT2D eigenvalue weighted by atomic mass is 16.6. The van der Waals surface area contributed by atoms with Gasteiger partial charge in [-0.2, -0.15) is 0 Å². The van der Waals surface area contributed by atoms with E-state index in [2.05, 4.69) is 24.1 Å². The van der Waals surface area contributed by atoms with E-state index in [9.17, 15) is 4.79 Å². The Balaban J connectivity index is 1.72. The molecule has 0 bridgehead atoms. The number of nitrogens with zero attached hydrogens (tertiary/aromatic N) is 2. The largest absolute Gasteiger partial charge is 0.478 e. The molecule has 122 valence electrons. The molecular weight excluding hydrogens is 282 g/mol. The van der Waals surface area contributed by atoms with Crippen molar-refractivity contribution in [1.29, 1.82) is 0 Å². The van der Waals surface area contributed by atoms with Gasteiger partial charge in [-0.15, -0.1) is 0 Å². The molecule has 0 aliphatic carbocycles. The molecule has 0 aromatic carbocycles. The molecule has 2 rings (SSSR count). The molecule has 1 aromatic heterocycles. The number of piperazine rings is 1. The lowest BCUT2D eigenvalue weighted by Crippen LogP contribution is -2.46. The molecule has 0 spiro atoms. The first-order valence-electron chi connectivity index (χ1n) is 7.85. The van der Waals surface area contributed by atoms with E-state index in [-0.39, 0.29) is 12.7 Å². The van der Waals surface area contributed by atoms with Gasteiger partial charge in [-0.05, 0) is 18.4 Å². The zero-order chi connectivity index (χ0) is 15.8. The summed E-state index contributed by atoms with van der Waals surface area (Å²) in [5.41, 5.74) is 0.861. The van der Waals surface area contributed by atoms with Crippen molar-refractivity contribution in [3.8, 4) is 5.88 Å². The minimum Gasteiger partial charge on any atom is -0.478 e. The first-order chi connectivity index (χ1) is 10.6. The van der Waals surface area contributed by atoms with E-state index < -0.39 is 0 Å². The summed E-state index contributed by atoms with van der Waals surface area (Å²) in [6.07, 6.45) is 2.43. The highest BCUT2D eigenvalue weighted by Crippen LogP contribution is 2.10. The Morgan fingerprint density at radius 2 is 2.14 bits per heavy atom. The summed E-state index contributed by atoms with van der Waals surface area (Å²) >= 11 is 0. The maximum Gasteiger partial charge on any atom is 0.410 e. The number of pyridine rings is 1. The number of hydrogen-bond acceptors (Lipinski definition) is 5. The van der Waals surface area contributed by atoms with Crippen molar-refractivity contribution in [2.45, 2.75) is 26.9 Å². The molecule has 0 saturated carbocycles. The molecule has 2 heterocycles. The molecule has 1 aliphatic rings. The molecule has 1 fully saturated rings. The van der Waals surface area contributed by atoms with Crippen LogP contribution < -0.4 is 10.1 Å². The van der Waals surface area contributed by atoms with E-state index in [0.717, 1.165) is 25.1 Å². The fraction of sp³-hybridized carbons (Fsp3) is 0.625. The molecule has 0 unspecified atom stereocenters. The standard InChI is InChI=1S/C16H25N3O3/c1-13(2)5-10-21-15-4-3-14(11-18-15)12-22-16(20)19-8-6-17-7-9-19/h3-4,11,13,17H,5-10,12H2,1-2H3. The van der Waals surface area contributed by atoms with Crippen molar-refractivity contribution >= 4 is 6.09 Å². The van der Waals surface area contributed by atoms with Gasteiger partial charge in [-0.3, -0.25) is 0 Å². The molecule has 1 saturated heterocycles. The van der Waals surface area contributed by atoms with Crippen LogP contribution in [0.15, 0.2) is 18.3 Å². The summed E-state index contributed by atoms with van der Waals surface area (Å²) < 4.78 is 10.9. The van der Waals surface area contributed by atoms with E-state index in [1.165, 1.54) is 0 Å². The van der Waals surface area contributed by atoms with Crippen molar-refractivity contribution in [1.82, 2.24) is 15.2 Å². The number of amides is 1. The van der Waals surface area contributed by atoms with Crippen molar-refractivity contribution < 1.29 is 14.3 Å². The molecule has 6 heteroatoms. The van der Waals surface area contributed by atoms with Crippen LogP contribution in [-0.2, 0) is 11.3 Å². The van der Waals surface area contributed by atoms with Crippen LogP contribution in [0.25, 0.3) is 0 Å². The van der Waals surface area contributed by atoms with Crippen LogP contribution in [0.3, 0.4) is 0 Å². The molecule has 1 aliphatic heterocycles. The molecule has 1 aromatic rings. The number of nitrogens with one attached hydrogen (secondary N) is 1. The summed E-state index contributed by atoms with van der Waals surface area (Å²) in [7, 11) is 0. The molecule has 0 radical (unpaired) electrons. The predicted octanol–water partition coefficient (Wildman–Crippen LogP) is 2.05. The monoisotopic (exact) mass is 307 g/mol. The van der Waals surface area contributed by atoms with Crippen LogP contribution in [0, 0.1) is 5.92 Å². The van der Waals surface area contributed by atoms with Crippen LogP contribution in [-0.4, -0.2) is 48.8 Å². The van der Waals surface area contributed by atoms with Crippen LogP contribution in [0.1, 0.15) is 25.8 Å². The number of aromatic nitrogens is 1. The summed E-state index contributed by atoms with van der Waals surface area (Å²) in [5.74, 6) is 1.22. The number of carbonyl (C=O) groups is 1. The Bertz CT molecular complexity index is 456. The second kappa shape index (κ2) is 8.58. The Hall–Kier alpha value is -1.82. The van der Waals surface area contributed by atoms with Crippen molar-refractivity contribution in [2.75, 3.05) is 32.8 Å². The minimum atomic E-state index is -0.265. The number of carbonyl (C=O) groups excluding carboxylic acids is 1. The van der Waals surface area contributed by atoms with Gasteiger partial charge in [0.25, 0.3) is 0 Å². The van der Waals surface area contributed by atoms with Gasteiger partial charge in [0.2, 0.25) is 5.88 Å². The van der Waals surface area contributed by atoms with Crippen molar-refractivity contribution in [3.63, 3.8) is 0 Å². The molecule has 1 N–H and O–H groups in total. The lowest BCUT2D eigenvalue weighted by molar-refractivity contribution is 0.0917. The maximum absolute atomic E-state index is 11.9. The number of rotatable bonds is 6. The summed E-state index contributed by atoms with van der Waals surface area (Å²) in [5, 5.41) is 3.20. The highest BCUT2D eigenvalue weighted by Gasteiger charge is 2.17. The Kier molecular flexibility index (Phi) is 6.45. The topological polar surface area (TPSA) is 63.7 Å². The van der Waals surface area contributed by atoms with E-state index in [1.54, 1.807) is 11.1 Å². The molecule has 0 atom stereocenters. The van der Waals surface area contributed by atoms with Crippen LogP contribution >= 0.6 is 0 Å². The van der Waals surface area contributed by atoms with Gasteiger partial charge in [0.15, 0.2) is 0 Å². The fourth-order valence-corrected chi connectivity index (χ4v) is 2.06. The quantitative estimate of drug-likeness (QED) is 0.871. The second-order valence-corrected chi connectivity index (χ2v) is 5.83. The van der Waals surface area contributed by atoms with Gasteiger partial charge in [0.05, 0.1) is 6.61 Å². The average Bonchev–Trinajstić information content (AvgIpc) is 2.54. The maximum atomic E-state index is 11.9. The van der Waals surface area contributed by atoms with Crippen molar-refractivity contribution in [3.05, 3.63) is 23.9 Å². The second-order valence-electron chi connectivity index (χ2n) is 5.83. The van der Waals surface area contributed by atoms with Crippen molar-refractivity contribution in [2.24, 2.45) is 5.92 Å². The third-order valence-electron chi connectivity index (χ3n) is 3.48. The third-order valence-corrected chi connectivity index (χ3v) is 3.48. The van der Waals surface area contributed by atoms with E-state index >= 15 is 0 Å². The molecule has 1 amide bonds. The lowest BCUT2D eigenvalue weighted by atomic mass is 10.1. The SMILES string of the molecule is CC(C)CCOc1ccc(COC(=O)N2CCNCC2)cn1. The zero-order valence-corrected chi connectivity index (χ0v) is 13.4. The summed E-state index contributed by atoms with van der Waals surface area (Å²) in [6, 6.07) is 3.69. The van der Waals surface area contributed by atoms with E-state index in [0.29, 0.717) is 31.5 Å². The van der Waals surface area contributed by atoms with E-state index in [1.807, 2.05) is 12.1 Å². The van der Waals surface area contributed by atoms with Gasteiger partial charge in [0, 0.05) is 44.0 Å². The Labute approximate surface area is 131 Å². The minimum absolute atomic E-state index is 0.238. The first-order valence-corrected chi connectivity index (χ1v) is 7.85. The smallest absolute Gasteiger partial charge is 0.410 e. The van der Waals surface area contributed by atoms with Gasteiger partial charge in [-0.25, -0.2) is 9.78 Å². The zero-order valence-electron chi connectivity index (χ0n) is 13.4. The van der Waals surface area contributed by atoms with Crippen LogP contribution in [0.2, 0.25) is 0 Å². The summed E-state index contributed by atoms with van der Waals surface area (Å²) in [4.78, 5) is 17.8. The van der Waals surface area contributed by atoms with Crippen LogP contribution in [0.5, 0.6) is 5.88 Å².